The molecule has 5 rings (SSSR count). The molecular formula is C26H23FN4OS. The molecule has 0 unspecified atom stereocenters. The number of halogens is 1. The lowest BCUT2D eigenvalue weighted by atomic mass is 10.0. The highest BCUT2D eigenvalue weighted by molar-refractivity contribution is 7.80. The summed E-state index contributed by atoms with van der Waals surface area (Å²) in [6.07, 6.45) is 3.81. The van der Waals surface area contributed by atoms with Gasteiger partial charge in [0, 0.05) is 29.5 Å². The minimum atomic E-state index is -0.285. The summed E-state index contributed by atoms with van der Waals surface area (Å²) in [6, 6.07) is 24.0. The highest BCUT2D eigenvalue weighted by Crippen LogP contribution is 2.42. The Morgan fingerprint density at radius 1 is 0.970 bits per heavy atom. The largest absolute Gasteiger partial charge is 0.494 e. The molecule has 3 heterocycles. The summed E-state index contributed by atoms with van der Waals surface area (Å²) < 4.78 is 21.4. The van der Waals surface area contributed by atoms with Crippen molar-refractivity contribution in [2.75, 3.05) is 11.5 Å². The Morgan fingerprint density at radius 2 is 1.73 bits per heavy atom. The number of nitrogens with zero attached hydrogens (tertiary/aromatic N) is 3. The second-order valence-electron chi connectivity index (χ2n) is 7.70. The van der Waals surface area contributed by atoms with Gasteiger partial charge in [-0.3, -0.25) is 4.98 Å². The van der Waals surface area contributed by atoms with E-state index in [9.17, 15) is 4.39 Å². The fourth-order valence-corrected chi connectivity index (χ4v) is 4.62. The van der Waals surface area contributed by atoms with Gasteiger partial charge >= 0.3 is 0 Å². The minimum absolute atomic E-state index is 0.180. The van der Waals surface area contributed by atoms with Gasteiger partial charge in [-0.15, -0.1) is 0 Å². The molecule has 7 heteroatoms. The molecule has 0 aliphatic carbocycles. The van der Waals surface area contributed by atoms with Crippen LogP contribution in [0.3, 0.4) is 0 Å². The molecule has 1 fully saturated rings. The Labute approximate surface area is 197 Å². The van der Waals surface area contributed by atoms with Crippen LogP contribution >= 0.6 is 12.2 Å². The van der Waals surface area contributed by atoms with E-state index in [0.717, 1.165) is 28.5 Å². The maximum atomic E-state index is 13.7. The summed E-state index contributed by atoms with van der Waals surface area (Å²) in [7, 11) is 0. The van der Waals surface area contributed by atoms with E-state index in [2.05, 4.69) is 20.9 Å². The Bertz CT molecular complexity index is 1240. The number of aromatic nitrogens is 2. The van der Waals surface area contributed by atoms with E-state index in [4.69, 9.17) is 17.0 Å². The van der Waals surface area contributed by atoms with E-state index in [1.54, 1.807) is 18.3 Å². The Kier molecular flexibility index (Phi) is 5.79. The molecule has 1 aliphatic rings. The lowest BCUT2D eigenvalue weighted by Crippen LogP contribution is -2.30. The number of pyridine rings is 1. The third-order valence-electron chi connectivity index (χ3n) is 5.71. The lowest BCUT2D eigenvalue weighted by Gasteiger charge is -2.29. The molecule has 0 bridgehead atoms. The summed E-state index contributed by atoms with van der Waals surface area (Å²) in [5, 5.41) is 4.02. The standard InChI is InChI=1S/C26H23FN4OS/c1-2-32-21-14-12-19(13-15-21)30-17-5-7-23(30)25-24(22-6-3-4-16-28-22)29-26(33)31(25)20-10-8-18(27)9-11-20/h3-17,24-25H,2H2,1H3,(H,29,33)/t24-,25+/m1/s1. The quantitative estimate of drug-likeness (QED) is 0.382. The van der Waals surface area contributed by atoms with Crippen LogP contribution in [-0.2, 0) is 0 Å². The van der Waals surface area contributed by atoms with Crippen molar-refractivity contribution < 1.29 is 9.13 Å². The zero-order chi connectivity index (χ0) is 22.8. The van der Waals surface area contributed by atoms with Crippen LogP contribution in [-0.4, -0.2) is 21.3 Å². The normalized spacial score (nSPS) is 17.8. The summed E-state index contributed by atoms with van der Waals surface area (Å²) in [4.78, 5) is 6.63. The molecule has 33 heavy (non-hydrogen) atoms. The topological polar surface area (TPSA) is 42.3 Å². The third-order valence-corrected chi connectivity index (χ3v) is 6.03. The average molecular weight is 459 g/mol. The first-order valence-corrected chi connectivity index (χ1v) is 11.2. The van der Waals surface area contributed by atoms with Crippen molar-refractivity contribution in [1.29, 1.82) is 0 Å². The number of anilines is 1. The van der Waals surface area contributed by atoms with Crippen LogP contribution in [0.5, 0.6) is 5.75 Å². The number of hydrogen-bond acceptors (Lipinski definition) is 3. The van der Waals surface area contributed by atoms with Crippen molar-refractivity contribution in [1.82, 2.24) is 14.9 Å². The van der Waals surface area contributed by atoms with Crippen LogP contribution in [0.4, 0.5) is 10.1 Å². The van der Waals surface area contributed by atoms with Crippen molar-refractivity contribution in [3.8, 4) is 11.4 Å². The summed E-state index contributed by atoms with van der Waals surface area (Å²) in [6.45, 7) is 2.59. The third kappa shape index (κ3) is 4.07. The first-order valence-electron chi connectivity index (χ1n) is 10.8. The Morgan fingerprint density at radius 3 is 2.42 bits per heavy atom. The number of ether oxygens (including phenoxy) is 1. The van der Waals surface area contributed by atoms with Gasteiger partial charge in [0.1, 0.15) is 17.6 Å². The molecule has 2 atom stereocenters. The molecule has 0 amide bonds. The van der Waals surface area contributed by atoms with Crippen molar-refractivity contribution in [2.45, 2.75) is 19.0 Å². The van der Waals surface area contributed by atoms with Crippen molar-refractivity contribution in [3.63, 3.8) is 0 Å². The second-order valence-corrected chi connectivity index (χ2v) is 8.09. The minimum Gasteiger partial charge on any atom is -0.494 e. The van der Waals surface area contributed by atoms with E-state index in [-0.39, 0.29) is 17.9 Å². The van der Waals surface area contributed by atoms with Gasteiger partial charge in [-0.2, -0.15) is 0 Å². The number of nitrogens with one attached hydrogen (secondary N) is 1. The molecule has 4 aromatic rings. The van der Waals surface area contributed by atoms with E-state index >= 15 is 0 Å². The monoisotopic (exact) mass is 458 g/mol. The maximum Gasteiger partial charge on any atom is 0.174 e. The van der Waals surface area contributed by atoms with E-state index < -0.39 is 0 Å². The molecule has 0 saturated carbocycles. The predicted molar refractivity (Wildman–Crippen MR) is 131 cm³/mol. The smallest absolute Gasteiger partial charge is 0.174 e. The number of benzene rings is 2. The summed E-state index contributed by atoms with van der Waals surface area (Å²) in [5.74, 6) is 0.547. The Balaban J connectivity index is 1.61. The van der Waals surface area contributed by atoms with Crippen molar-refractivity contribution in [2.24, 2.45) is 0 Å². The summed E-state index contributed by atoms with van der Waals surface area (Å²) in [5.41, 5.74) is 3.74. The second kappa shape index (κ2) is 9.03. The van der Waals surface area contributed by atoms with E-state index in [1.807, 2.05) is 66.6 Å². The van der Waals surface area contributed by atoms with Gasteiger partial charge in [0.25, 0.3) is 0 Å². The van der Waals surface area contributed by atoms with E-state index in [1.165, 1.54) is 12.1 Å². The molecule has 2 aromatic carbocycles. The molecule has 2 aromatic heterocycles. The number of thiocarbonyl (C=S) groups is 1. The molecule has 5 nitrogen and oxygen atoms in total. The fourth-order valence-electron chi connectivity index (χ4n) is 4.28. The van der Waals surface area contributed by atoms with Crippen molar-refractivity contribution in [3.05, 3.63) is 108 Å². The Hall–Kier alpha value is -3.71. The molecule has 1 aliphatic heterocycles. The van der Waals surface area contributed by atoms with Gasteiger partial charge < -0.3 is 19.5 Å². The number of hydrogen-bond donors (Lipinski definition) is 1. The lowest BCUT2D eigenvalue weighted by molar-refractivity contribution is 0.340. The van der Waals surface area contributed by atoms with Gasteiger partial charge in [-0.05, 0) is 91.9 Å². The van der Waals surface area contributed by atoms with Crippen LogP contribution in [0.15, 0.2) is 91.3 Å². The van der Waals surface area contributed by atoms with Crippen LogP contribution < -0.4 is 15.0 Å². The fraction of sp³-hybridized carbons (Fsp3) is 0.154. The van der Waals surface area contributed by atoms with Crippen LogP contribution in [0.2, 0.25) is 0 Å². The molecular weight excluding hydrogens is 435 g/mol. The van der Waals surface area contributed by atoms with E-state index in [0.29, 0.717) is 11.7 Å². The molecule has 166 valence electrons. The zero-order valence-electron chi connectivity index (χ0n) is 18.1. The molecule has 0 spiro atoms. The molecule has 1 N–H and O–H groups in total. The zero-order valence-corrected chi connectivity index (χ0v) is 18.9. The van der Waals surface area contributed by atoms with Gasteiger partial charge in [0.05, 0.1) is 18.3 Å². The highest BCUT2D eigenvalue weighted by atomic mass is 32.1. The molecule has 0 radical (unpaired) electrons. The van der Waals surface area contributed by atoms with Crippen LogP contribution in [0.1, 0.15) is 30.4 Å². The average Bonchev–Trinajstić information content (AvgIpc) is 3.45. The molecule has 1 saturated heterocycles. The highest BCUT2D eigenvalue weighted by Gasteiger charge is 2.42. The first kappa shape index (κ1) is 21.2. The first-order chi connectivity index (χ1) is 16.2. The summed E-state index contributed by atoms with van der Waals surface area (Å²) >= 11 is 5.76. The predicted octanol–water partition coefficient (Wildman–Crippen LogP) is 5.59. The van der Waals surface area contributed by atoms with Crippen molar-refractivity contribution >= 4 is 23.0 Å². The maximum absolute atomic E-state index is 13.7. The van der Waals surface area contributed by atoms with Gasteiger partial charge in [-0.1, -0.05) is 6.07 Å². The van der Waals surface area contributed by atoms with Crippen LogP contribution in [0.25, 0.3) is 5.69 Å². The number of rotatable bonds is 6. The van der Waals surface area contributed by atoms with Gasteiger partial charge in [0.15, 0.2) is 5.11 Å². The van der Waals surface area contributed by atoms with Gasteiger partial charge in [0.2, 0.25) is 0 Å². The SMILES string of the molecule is CCOc1ccc(-n2cccc2[C@H]2[C@@H](c3ccccn3)NC(=S)N2c2ccc(F)cc2)cc1. The van der Waals surface area contributed by atoms with Gasteiger partial charge in [-0.25, -0.2) is 4.39 Å². The van der Waals surface area contributed by atoms with Crippen LogP contribution in [0, 0.1) is 5.82 Å².